The standard InChI is InChI=1S/C19H32N2O2.ClH/c1-6-13-19(5,20)18(22)21-15(4)7-8-16-9-11-17(12-10-16)23-14(2)3;/h9-12,14-15H,6-8,13,20H2,1-5H3,(H,21,22);1H. The first kappa shape index (κ1) is 22.7. The van der Waals surface area contributed by atoms with Crippen molar-refractivity contribution in [3.63, 3.8) is 0 Å². The average molecular weight is 357 g/mol. The second-order valence-electron chi connectivity index (χ2n) is 6.89. The topological polar surface area (TPSA) is 64.4 Å². The fourth-order valence-electron chi connectivity index (χ4n) is 2.48. The van der Waals surface area contributed by atoms with Crippen LogP contribution < -0.4 is 15.8 Å². The second-order valence-corrected chi connectivity index (χ2v) is 6.89. The van der Waals surface area contributed by atoms with Gasteiger partial charge in [-0.3, -0.25) is 4.79 Å². The third-order valence-corrected chi connectivity index (χ3v) is 3.83. The molecule has 0 aliphatic rings. The summed E-state index contributed by atoms with van der Waals surface area (Å²) >= 11 is 0. The van der Waals surface area contributed by atoms with E-state index in [9.17, 15) is 4.79 Å². The number of hydrogen-bond donors (Lipinski definition) is 2. The van der Waals surface area contributed by atoms with E-state index in [1.807, 2.05) is 39.8 Å². The third kappa shape index (κ3) is 8.02. The molecule has 1 aromatic carbocycles. The Morgan fingerprint density at radius 3 is 2.33 bits per heavy atom. The smallest absolute Gasteiger partial charge is 0.240 e. The van der Waals surface area contributed by atoms with Crippen LogP contribution in [0.2, 0.25) is 0 Å². The lowest BCUT2D eigenvalue weighted by Gasteiger charge is -2.25. The second kappa shape index (κ2) is 10.6. The third-order valence-electron chi connectivity index (χ3n) is 3.83. The van der Waals surface area contributed by atoms with E-state index in [1.54, 1.807) is 6.92 Å². The molecule has 1 rings (SSSR count). The summed E-state index contributed by atoms with van der Waals surface area (Å²) in [5, 5.41) is 3.02. The Balaban J connectivity index is 0.00000529. The van der Waals surface area contributed by atoms with Crippen molar-refractivity contribution >= 4 is 18.3 Å². The summed E-state index contributed by atoms with van der Waals surface area (Å²) in [4.78, 5) is 12.2. The van der Waals surface area contributed by atoms with Gasteiger partial charge in [0.2, 0.25) is 5.91 Å². The van der Waals surface area contributed by atoms with Gasteiger partial charge in [0.15, 0.2) is 0 Å². The molecule has 1 amide bonds. The molecule has 0 aliphatic heterocycles. The predicted molar refractivity (Wildman–Crippen MR) is 103 cm³/mol. The Morgan fingerprint density at radius 1 is 1.25 bits per heavy atom. The number of ether oxygens (including phenoxy) is 1. The van der Waals surface area contributed by atoms with Crippen LogP contribution in [0.25, 0.3) is 0 Å². The molecule has 2 atom stereocenters. The molecule has 0 aromatic heterocycles. The Morgan fingerprint density at radius 2 is 1.83 bits per heavy atom. The molecular weight excluding hydrogens is 324 g/mol. The van der Waals surface area contributed by atoms with Crippen molar-refractivity contribution in [1.29, 1.82) is 0 Å². The van der Waals surface area contributed by atoms with E-state index < -0.39 is 5.54 Å². The summed E-state index contributed by atoms with van der Waals surface area (Å²) < 4.78 is 5.64. The summed E-state index contributed by atoms with van der Waals surface area (Å²) in [7, 11) is 0. The van der Waals surface area contributed by atoms with Gasteiger partial charge in [-0.15, -0.1) is 12.4 Å². The summed E-state index contributed by atoms with van der Waals surface area (Å²) in [6.07, 6.45) is 3.59. The molecule has 0 radical (unpaired) electrons. The number of rotatable bonds is 9. The Hall–Kier alpha value is -1.26. The van der Waals surface area contributed by atoms with Crippen LogP contribution in [0.1, 0.15) is 59.4 Å². The van der Waals surface area contributed by atoms with Gasteiger partial charge in [-0.05, 0) is 64.7 Å². The maximum atomic E-state index is 12.2. The molecule has 0 saturated carbocycles. The molecule has 4 nitrogen and oxygen atoms in total. The van der Waals surface area contributed by atoms with Crippen LogP contribution >= 0.6 is 12.4 Å². The molecule has 0 fully saturated rings. The van der Waals surface area contributed by atoms with Crippen LogP contribution in [0.4, 0.5) is 0 Å². The highest BCUT2D eigenvalue weighted by Crippen LogP contribution is 2.15. The molecule has 1 aromatic rings. The SMILES string of the molecule is CCCC(C)(N)C(=O)NC(C)CCc1ccc(OC(C)C)cc1.Cl. The van der Waals surface area contributed by atoms with Gasteiger partial charge >= 0.3 is 0 Å². The highest BCUT2D eigenvalue weighted by atomic mass is 35.5. The van der Waals surface area contributed by atoms with Gasteiger partial charge in [0.1, 0.15) is 5.75 Å². The van der Waals surface area contributed by atoms with Gasteiger partial charge in [0.25, 0.3) is 0 Å². The van der Waals surface area contributed by atoms with E-state index in [0.29, 0.717) is 6.42 Å². The van der Waals surface area contributed by atoms with Crippen molar-refractivity contribution in [1.82, 2.24) is 5.32 Å². The highest BCUT2D eigenvalue weighted by molar-refractivity contribution is 5.86. The predicted octanol–water partition coefficient (Wildman–Crippen LogP) is 3.85. The molecule has 0 bridgehead atoms. The number of nitrogens with one attached hydrogen (secondary N) is 1. The van der Waals surface area contributed by atoms with E-state index in [2.05, 4.69) is 17.4 Å². The number of halogens is 1. The number of nitrogens with two attached hydrogens (primary N) is 1. The molecule has 0 aliphatic carbocycles. The van der Waals surface area contributed by atoms with E-state index >= 15 is 0 Å². The average Bonchev–Trinajstić information content (AvgIpc) is 2.46. The normalized spacial score (nSPS) is 14.5. The van der Waals surface area contributed by atoms with E-state index in [0.717, 1.165) is 25.0 Å². The van der Waals surface area contributed by atoms with Crippen LogP contribution in [0.15, 0.2) is 24.3 Å². The lowest BCUT2D eigenvalue weighted by atomic mass is 9.95. The Kier molecular flexibility index (Phi) is 10.0. The van der Waals surface area contributed by atoms with E-state index in [4.69, 9.17) is 10.5 Å². The van der Waals surface area contributed by atoms with Gasteiger partial charge in [0.05, 0.1) is 11.6 Å². The van der Waals surface area contributed by atoms with Gasteiger partial charge in [-0.1, -0.05) is 25.5 Å². The van der Waals surface area contributed by atoms with Crippen molar-refractivity contribution in [2.45, 2.75) is 78.0 Å². The van der Waals surface area contributed by atoms with Crippen molar-refractivity contribution in [2.24, 2.45) is 5.73 Å². The van der Waals surface area contributed by atoms with Crippen molar-refractivity contribution in [2.75, 3.05) is 0 Å². The van der Waals surface area contributed by atoms with Gasteiger partial charge in [0, 0.05) is 6.04 Å². The minimum Gasteiger partial charge on any atom is -0.491 e. The molecule has 5 heteroatoms. The minimum absolute atomic E-state index is 0. The van der Waals surface area contributed by atoms with Crippen molar-refractivity contribution in [3.05, 3.63) is 29.8 Å². The maximum Gasteiger partial charge on any atom is 0.240 e. The first-order valence-electron chi connectivity index (χ1n) is 8.60. The molecular formula is C19H33ClN2O2. The van der Waals surface area contributed by atoms with Crippen LogP contribution in [0.5, 0.6) is 5.75 Å². The zero-order chi connectivity index (χ0) is 17.5. The number of hydrogen-bond acceptors (Lipinski definition) is 3. The van der Waals surface area contributed by atoms with Crippen molar-refractivity contribution < 1.29 is 9.53 Å². The zero-order valence-corrected chi connectivity index (χ0v) is 16.4. The highest BCUT2D eigenvalue weighted by Gasteiger charge is 2.27. The Labute approximate surface area is 152 Å². The maximum absolute atomic E-state index is 12.2. The summed E-state index contributed by atoms with van der Waals surface area (Å²) in [5.74, 6) is 0.830. The fraction of sp³-hybridized carbons (Fsp3) is 0.632. The molecule has 2 unspecified atom stereocenters. The number of carbonyl (C=O) groups excluding carboxylic acids is 1. The monoisotopic (exact) mass is 356 g/mol. The number of carbonyl (C=O) groups is 1. The van der Waals surface area contributed by atoms with E-state index in [1.165, 1.54) is 5.56 Å². The summed E-state index contributed by atoms with van der Waals surface area (Å²) in [6, 6.07) is 8.26. The first-order chi connectivity index (χ1) is 10.7. The molecule has 0 heterocycles. The largest absolute Gasteiger partial charge is 0.491 e. The summed E-state index contributed by atoms with van der Waals surface area (Å²) in [6.45, 7) is 9.89. The van der Waals surface area contributed by atoms with Crippen molar-refractivity contribution in [3.8, 4) is 5.75 Å². The van der Waals surface area contributed by atoms with E-state index in [-0.39, 0.29) is 30.5 Å². The van der Waals surface area contributed by atoms with Crippen LogP contribution in [0, 0.1) is 0 Å². The van der Waals surface area contributed by atoms with Gasteiger partial charge < -0.3 is 15.8 Å². The van der Waals surface area contributed by atoms with Gasteiger partial charge in [-0.2, -0.15) is 0 Å². The van der Waals surface area contributed by atoms with Crippen LogP contribution in [0.3, 0.4) is 0 Å². The molecule has 138 valence electrons. The lowest BCUT2D eigenvalue weighted by Crippen LogP contribution is -2.53. The quantitative estimate of drug-likeness (QED) is 0.706. The minimum atomic E-state index is -0.779. The summed E-state index contributed by atoms with van der Waals surface area (Å²) in [5.41, 5.74) is 6.52. The molecule has 24 heavy (non-hydrogen) atoms. The van der Waals surface area contributed by atoms with Crippen LogP contribution in [-0.2, 0) is 11.2 Å². The fourth-order valence-corrected chi connectivity index (χ4v) is 2.48. The zero-order valence-electron chi connectivity index (χ0n) is 15.6. The number of aryl methyl sites for hydroxylation is 1. The lowest BCUT2D eigenvalue weighted by molar-refractivity contribution is -0.126. The molecule has 0 saturated heterocycles. The van der Waals surface area contributed by atoms with Gasteiger partial charge in [-0.25, -0.2) is 0 Å². The first-order valence-corrected chi connectivity index (χ1v) is 8.60. The number of benzene rings is 1. The van der Waals surface area contributed by atoms with Crippen LogP contribution in [-0.4, -0.2) is 23.6 Å². The number of amides is 1. The molecule has 0 spiro atoms. The Bertz CT molecular complexity index is 487. The molecule has 3 N–H and O–H groups in total.